The lowest BCUT2D eigenvalue weighted by atomic mass is 9.77. The Bertz CT molecular complexity index is 792. The Morgan fingerprint density at radius 1 is 1.35 bits per heavy atom. The van der Waals surface area contributed by atoms with Crippen molar-refractivity contribution in [3.63, 3.8) is 0 Å². The van der Waals surface area contributed by atoms with Crippen LogP contribution in [0.3, 0.4) is 0 Å². The van der Waals surface area contributed by atoms with Crippen LogP contribution in [-0.4, -0.2) is 50.6 Å². The van der Waals surface area contributed by atoms with E-state index < -0.39 is 5.97 Å². The molecule has 1 aliphatic carbocycles. The average molecular weight is 356 g/mol. The average Bonchev–Trinajstić information content (AvgIpc) is 3.09. The van der Waals surface area contributed by atoms with Crippen molar-refractivity contribution in [1.82, 2.24) is 19.9 Å². The van der Waals surface area contributed by atoms with Crippen molar-refractivity contribution >= 4 is 17.0 Å². The molecule has 8 nitrogen and oxygen atoms in total. The van der Waals surface area contributed by atoms with E-state index in [2.05, 4.69) is 25.0 Å². The van der Waals surface area contributed by atoms with Crippen molar-refractivity contribution in [3.05, 3.63) is 24.3 Å². The summed E-state index contributed by atoms with van der Waals surface area (Å²) in [6, 6.07) is 1.75. The second-order valence-electron chi connectivity index (χ2n) is 7.61. The number of hydrogen-bond acceptors (Lipinski definition) is 6. The van der Waals surface area contributed by atoms with Gasteiger partial charge in [0.15, 0.2) is 0 Å². The number of likely N-dealkylation sites (tertiary alicyclic amines) is 1. The van der Waals surface area contributed by atoms with Crippen molar-refractivity contribution < 1.29 is 9.90 Å². The molecule has 0 amide bonds. The first-order chi connectivity index (χ1) is 12.7. The topological polar surface area (TPSA) is 118 Å². The van der Waals surface area contributed by atoms with E-state index >= 15 is 0 Å². The molecule has 2 aromatic heterocycles. The molecule has 26 heavy (non-hydrogen) atoms. The maximum absolute atomic E-state index is 10.9. The van der Waals surface area contributed by atoms with Crippen molar-refractivity contribution in [2.75, 3.05) is 19.6 Å². The van der Waals surface area contributed by atoms with Gasteiger partial charge in [-0.1, -0.05) is 0 Å². The van der Waals surface area contributed by atoms with Crippen LogP contribution in [0, 0.1) is 23.3 Å². The summed E-state index contributed by atoms with van der Waals surface area (Å²) in [6.07, 6.45) is 7.66. The third-order valence-corrected chi connectivity index (χ3v) is 5.96. The third-order valence-electron chi connectivity index (χ3n) is 5.96. The summed E-state index contributed by atoms with van der Waals surface area (Å²) in [5, 5.41) is 13.9. The molecule has 3 N–H and O–H groups in total. The minimum Gasteiger partial charge on any atom is -0.481 e. The van der Waals surface area contributed by atoms with Crippen molar-refractivity contribution in [1.29, 1.82) is 5.53 Å². The van der Waals surface area contributed by atoms with Crippen LogP contribution in [-0.2, 0) is 4.79 Å². The third kappa shape index (κ3) is 3.21. The maximum Gasteiger partial charge on any atom is 0.309 e. The molecule has 2 aromatic rings. The number of carbonyl (C=O) groups is 1. The van der Waals surface area contributed by atoms with Crippen LogP contribution in [0.15, 0.2) is 23.7 Å². The SMILES string of the molecule is N=NC(c1ncnc2[nH]ccc12)C1CCC(CN2CC(C(=O)O)C2)CC1. The first-order valence-corrected chi connectivity index (χ1v) is 9.25. The Balaban J connectivity index is 1.35. The highest BCUT2D eigenvalue weighted by atomic mass is 16.4. The number of carboxylic acid groups (broad SMARTS) is 1. The molecule has 1 saturated heterocycles. The number of aliphatic carboxylic acids is 1. The van der Waals surface area contributed by atoms with Gasteiger partial charge in [-0.05, 0) is 43.6 Å². The van der Waals surface area contributed by atoms with Gasteiger partial charge in [0.25, 0.3) is 0 Å². The molecule has 2 fully saturated rings. The number of nitrogens with one attached hydrogen (secondary N) is 2. The van der Waals surface area contributed by atoms with Gasteiger partial charge in [0.05, 0.1) is 11.6 Å². The zero-order valence-electron chi connectivity index (χ0n) is 14.6. The molecule has 1 unspecified atom stereocenters. The summed E-state index contributed by atoms with van der Waals surface area (Å²) >= 11 is 0. The number of fused-ring (bicyclic) bond motifs is 1. The van der Waals surface area contributed by atoms with Gasteiger partial charge in [0.1, 0.15) is 18.0 Å². The standard InChI is InChI=1S/C18H24N6O2/c19-23-15(16-14-5-6-20-17(14)22-10-21-16)12-3-1-11(2-4-12)7-24-8-13(9-24)18(25)26/h5-6,10-13,15,19H,1-4,7-9H2,(H,25,26)(H,20,21,22). The number of hydrogen-bond donors (Lipinski definition) is 3. The molecule has 0 radical (unpaired) electrons. The molecule has 1 saturated carbocycles. The van der Waals surface area contributed by atoms with E-state index in [1.54, 1.807) is 6.33 Å². The van der Waals surface area contributed by atoms with Crippen LogP contribution in [0.1, 0.15) is 37.4 Å². The highest BCUT2D eigenvalue weighted by Gasteiger charge is 2.36. The van der Waals surface area contributed by atoms with Crippen LogP contribution in [0.25, 0.3) is 11.0 Å². The molecule has 3 heterocycles. The summed E-state index contributed by atoms with van der Waals surface area (Å²) in [6.45, 7) is 2.37. The molecule has 2 aliphatic rings. The molecule has 8 heteroatoms. The summed E-state index contributed by atoms with van der Waals surface area (Å²) in [4.78, 5) is 24.9. The highest BCUT2D eigenvalue weighted by molar-refractivity contribution is 5.78. The summed E-state index contributed by atoms with van der Waals surface area (Å²) in [5.74, 6) is 0.0927. The predicted octanol–water partition coefficient (Wildman–Crippen LogP) is 2.85. The number of nitrogens with zero attached hydrogens (tertiary/aromatic N) is 4. The molecular formula is C18H24N6O2. The molecular weight excluding hydrogens is 332 g/mol. The van der Waals surface area contributed by atoms with Gasteiger partial charge in [-0.25, -0.2) is 15.5 Å². The fourth-order valence-electron chi connectivity index (χ4n) is 4.44. The van der Waals surface area contributed by atoms with Crippen LogP contribution < -0.4 is 0 Å². The first kappa shape index (κ1) is 17.1. The molecule has 0 aromatic carbocycles. The minimum absolute atomic E-state index is 0.181. The highest BCUT2D eigenvalue weighted by Crippen LogP contribution is 2.40. The van der Waals surface area contributed by atoms with Gasteiger partial charge >= 0.3 is 5.97 Å². The van der Waals surface area contributed by atoms with E-state index in [1.165, 1.54) is 0 Å². The van der Waals surface area contributed by atoms with Gasteiger partial charge in [0.2, 0.25) is 0 Å². The molecule has 1 aliphatic heterocycles. The molecule has 0 bridgehead atoms. The Morgan fingerprint density at radius 3 is 2.81 bits per heavy atom. The normalized spacial score (nSPS) is 25.7. The molecule has 1 atom stereocenters. The van der Waals surface area contributed by atoms with Crippen molar-refractivity contribution in [2.45, 2.75) is 31.7 Å². The van der Waals surface area contributed by atoms with E-state index in [0.717, 1.165) is 49.0 Å². The Morgan fingerprint density at radius 2 is 2.12 bits per heavy atom. The maximum atomic E-state index is 10.9. The predicted molar refractivity (Wildman–Crippen MR) is 94.8 cm³/mol. The van der Waals surface area contributed by atoms with Gasteiger partial charge in [-0.15, -0.1) is 0 Å². The van der Waals surface area contributed by atoms with E-state index in [9.17, 15) is 4.79 Å². The Kier molecular flexibility index (Phi) is 4.67. The zero-order chi connectivity index (χ0) is 18.1. The monoisotopic (exact) mass is 356 g/mol. The second-order valence-corrected chi connectivity index (χ2v) is 7.61. The fraction of sp³-hybridized carbons (Fsp3) is 0.611. The molecule has 4 rings (SSSR count). The molecule has 0 spiro atoms. The smallest absolute Gasteiger partial charge is 0.309 e. The van der Waals surface area contributed by atoms with E-state index in [0.29, 0.717) is 24.9 Å². The Hall–Kier alpha value is -2.35. The zero-order valence-corrected chi connectivity index (χ0v) is 14.6. The van der Waals surface area contributed by atoms with Gasteiger partial charge < -0.3 is 15.0 Å². The van der Waals surface area contributed by atoms with Gasteiger partial charge in [0, 0.05) is 31.2 Å². The quantitative estimate of drug-likeness (QED) is 0.688. The van der Waals surface area contributed by atoms with Crippen molar-refractivity contribution in [3.8, 4) is 0 Å². The van der Waals surface area contributed by atoms with Gasteiger partial charge in [-0.2, -0.15) is 5.11 Å². The van der Waals surface area contributed by atoms with Crippen LogP contribution >= 0.6 is 0 Å². The number of rotatable bonds is 6. The van der Waals surface area contributed by atoms with E-state index in [1.807, 2.05) is 12.3 Å². The fourth-order valence-corrected chi connectivity index (χ4v) is 4.44. The number of aromatic nitrogens is 3. The minimum atomic E-state index is -0.675. The lowest BCUT2D eigenvalue weighted by Gasteiger charge is -2.40. The largest absolute Gasteiger partial charge is 0.481 e. The lowest BCUT2D eigenvalue weighted by molar-refractivity contribution is -0.147. The molecule has 138 valence electrons. The number of carboxylic acids is 1. The van der Waals surface area contributed by atoms with E-state index in [4.69, 9.17) is 10.6 Å². The van der Waals surface area contributed by atoms with Crippen molar-refractivity contribution in [2.24, 2.45) is 22.9 Å². The number of H-pyrrole nitrogens is 1. The Labute approximate surface area is 151 Å². The van der Waals surface area contributed by atoms with Crippen LogP contribution in [0.2, 0.25) is 0 Å². The second kappa shape index (κ2) is 7.11. The van der Waals surface area contributed by atoms with Gasteiger partial charge in [-0.3, -0.25) is 4.79 Å². The summed E-state index contributed by atoms with van der Waals surface area (Å²) in [7, 11) is 0. The van der Waals surface area contributed by atoms with Crippen LogP contribution in [0.4, 0.5) is 0 Å². The first-order valence-electron chi connectivity index (χ1n) is 9.25. The van der Waals surface area contributed by atoms with E-state index in [-0.39, 0.29) is 12.0 Å². The number of aromatic amines is 1. The summed E-state index contributed by atoms with van der Waals surface area (Å²) < 4.78 is 0. The summed E-state index contributed by atoms with van der Waals surface area (Å²) in [5.41, 5.74) is 9.36. The lowest BCUT2D eigenvalue weighted by Crippen LogP contribution is -2.52. The van der Waals surface area contributed by atoms with Crippen LogP contribution in [0.5, 0.6) is 0 Å².